The molecule has 1 N–H and O–H groups in total. The average molecular weight is 307 g/mol. The Balaban J connectivity index is 1.94. The minimum absolute atomic E-state index is 0.0293. The van der Waals surface area contributed by atoms with Crippen LogP contribution in [0.4, 0.5) is 0 Å². The van der Waals surface area contributed by atoms with Gasteiger partial charge in [0.1, 0.15) is 5.58 Å². The second-order valence-corrected chi connectivity index (χ2v) is 5.53. The van der Waals surface area contributed by atoms with Gasteiger partial charge in [0, 0.05) is 42.0 Å². The molecule has 1 aliphatic heterocycles. The SMILES string of the molecule is Cc1c(C(=O)N2CCNC(=O)CC2)oc2ccc(Cl)cc12. The lowest BCUT2D eigenvalue weighted by atomic mass is 10.1. The van der Waals surface area contributed by atoms with Gasteiger partial charge >= 0.3 is 0 Å². The number of fused-ring (bicyclic) bond motifs is 1. The normalized spacial score (nSPS) is 15.9. The van der Waals surface area contributed by atoms with Gasteiger partial charge in [-0.3, -0.25) is 9.59 Å². The molecule has 5 nitrogen and oxygen atoms in total. The van der Waals surface area contributed by atoms with E-state index < -0.39 is 0 Å². The molecule has 0 radical (unpaired) electrons. The third kappa shape index (κ3) is 2.61. The number of carbonyl (C=O) groups excluding carboxylic acids is 2. The Morgan fingerprint density at radius 3 is 3.00 bits per heavy atom. The molecule has 1 aliphatic rings. The third-order valence-corrected chi connectivity index (χ3v) is 3.93. The molecule has 1 aromatic heterocycles. The van der Waals surface area contributed by atoms with Gasteiger partial charge in [0.25, 0.3) is 5.91 Å². The highest BCUT2D eigenvalue weighted by molar-refractivity contribution is 6.31. The second kappa shape index (κ2) is 5.41. The molecule has 1 aromatic carbocycles. The number of carbonyl (C=O) groups is 2. The van der Waals surface area contributed by atoms with Crippen LogP contribution in [0.25, 0.3) is 11.0 Å². The topological polar surface area (TPSA) is 62.6 Å². The first-order valence-corrected chi connectivity index (χ1v) is 7.18. The van der Waals surface area contributed by atoms with Crippen LogP contribution < -0.4 is 5.32 Å². The zero-order valence-electron chi connectivity index (χ0n) is 11.6. The van der Waals surface area contributed by atoms with E-state index in [2.05, 4.69) is 5.32 Å². The average Bonchev–Trinajstić information content (AvgIpc) is 2.64. The number of benzene rings is 1. The van der Waals surface area contributed by atoms with Crippen molar-refractivity contribution in [1.82, 2.24) is 10.2 Å². The van der Waals surface area contributed by atoms with Crippen LogP contribution in [0.5, 0.6) is 0 Å². The maximum absolute atomic E-state index is 12.6. The first-order chi connectivity index (χ1) is 10.1. The second-order valence-electron chi connectivity index (χ2n) is 5.09. The zero-order valence-corrected chi connectivity index (χ0v) is 12.4. The third-order valence-electron chi connectivity index (χ3n) is 3.69. The van der Waals surface area contributed by atoms with Crippen molar-refractivity contribution in [3.63, 3.8) is 0 Å². The predicted octanol–water partition coefficient (Wildman–Crippen LogP) is 2.36. The molecule has 0 unspecified atom stereocenters. The fourth-order valence-corrected chi connectivity index (χ4v) is 2.68. The summed E-state index contributed by atoms with van der Waals surface area (Å²) < 4.78 is 5.68. The molecule has 6 heteroatoms. The molecule has 1 saturated heterocycles. The lowest BCUT2D eigenvalue weighted by Gasteiger charge is -2.18. The summed E-state index contributed by atoms with van der Waals surface area (Å²) in [6.07, 6.45) is 0.316. The van der Waals surface area contributed by atoms with E-state index in [0.29, 0.717) is 42.4 Å². The Hall–Kier alpha value is -2.01. The van der Waals surface area contributed by atoms with Gasteiger partial charge in [0.15, 0.2) is 5.76 Å². The minimum Gasteiger partial charge on any atom is -0.451 e. The molecule has 0 aliphatic carbocycles. The molecule has 2 aromatic rings. The highest BCUT2D eigenvalue weighted by atomic mass is 35.5. The molecule has 0 spiro atoms. The molecule has 2 amide bonds. The maximum atomic E-state index is 12.6. The first-order valence-electron chi connectivity index (χ1n) is 6.81. The van der Waals surface area contributed by atoms with Crippen LogP contribution in [0.15, 0.2) is 22.6 Å². The molecule has 0 bridgehead atoms. The van der Waals surface area contributed by atoms with Crippen molar-refractivity contribution in [2.75, 3.05) is 19.6 Å². The molecule has 2 heterocycles. The maximum Gasteiger partial charge on any atom is 0.289 e. The summed E-state index contributed by atoms with van der Waals surface area (Å²) in [5.41, 5.74) is 1.42. The van der Waals surface area contributed by atoms with E-state index in [1.807, 2.05) is 6.92 Å². The first kappa shape index (κ1) is 13.9. The van der Waals surface area contributed by atoms with Crippen molar-refractivity contribution >= 4 is 34.4 Å². The number of aryl methyl sites for hydroxylation is 1. The van der Waals surface area contributed by atoms with Crippen LogP contribution in [0.1, 0.15) is 22.5 Å². The van der Waals surface area contributed by atoms with Crippen LogP contribution in [0, 0.1) is 6.92 Å². The summed E-state index contributed by atoms with van der Waals surface area (Å²) in [6.45, 7) is 3.20. The summed E-state index contributed by atoms with van der Waals surface area (Å²) in [4.78, 5) is 25.6. The van der Waals surface area contributed by atoms with Crippen LogP contribution in [-0.2, 0) is 4.79 Å². The van der Waals surface area contributed by atoms with Crippen LogP contribution in [0.2, 0.25) is 5.02 Å². The van der Waals surface area contributed by atoms with E-state index >= 15 is 0 Å². The van der Waals surface area contributed by atoms with Crippen molar-refractivity contribution in [3.8, 4) is 0 Å². The zero-order chi connectivity index (χ0) is 15.0. The summed E-state index contributed by atoms with van der Waals surface area (Å²) in [6, 6.07) is 5.28. The molecule has 110 valence electrons. The molecular weight excluding hydrogens is 292 g/mol. The fraction of sp³-hybridized carbons (Fsp3) is 0.333. The predicted molar refractivity (Wildman–Crippen MR) is 79.5 cm³/mol. The van der Waals surface area contributed by atoms with Crippen LogP contribution >= 0.6 is 11.6 Å². The van der Waals surface area contributed by atoms with Crippen LogP contribution in [0.3, 0.4) is 0 Å². The summed E-state index contributed by atoms with van der Waals surface area (Å²) in [7, 11) is 0. The van der Waals surface area contributed by atoms with Gasteiger partial charge in [-0.05, 0) is 25.1 Å². The fourth-order valence-electron chi connectivity index (χ4n) is 2.51. The van der Waals surface area contributed by atoms with Gasteiger partial charge in [0.2, 0.25) is 5.91 Å². The summed E-state index contributed by atoms with van der Waals surface area (Å²) in [5.74, 6) is 0.108. The number of nitrogens with one attached hydrogen (secondary N) is 1. The Labute approximate surface area is 126 Å². The standard InChI is InChI=1S/C15H15ClN2O3/c1-9-11-8-10(16)2-3-12(11)21-14(9)15(20)18-6-4-13(19)17-5-7-18/h2-3,8H,4-7H2,1H3,(H,17,19). The van der Waals surface area contributed by atoms with E-state index in [9.17, 15) is 9.59 Å². The molecule has 1 fully saturated rings. The number of hydrogen-bond acceptors (Lipinski definition) is 3. The van der Waals surface area contributed by atoms with Gasteiger partial charge < -0.3 is 14.6 Å². The van der Waals surface area contributed by atoms with Gasteiger partial charge in [-0.1, -0.05) is 11.6 Å². The lowest BCUT2D eigenvalue weighted by Crippen LogP contribution is -2.34. The lowest BCUT2D eigenvalue weighted by molar-refractivity contribution is -0.120. The van der Waals surface area contributed by atoms with E-state index in [-0.39, 0.29) is 11.8 Å². The number of amides is 2. The summed E-state index contributed by atoms with van der Waals surface area (Å²) >= 11 is 5.98. The number of halogens is 1. The van der Waals surface area contributed by atoms with E-state index in [1.54, 1.807) is 23.1 Å². The Morgan fingerprint density at radius 2 is 2.19 bits per heavy atom. The molecule has 21 heavy (non-hydrogen) atoms. The van der Waals surface area contributed by atoms with E-state index in [4.69, 9.17) is 16.0 Å². The Kier molecular flexibility index (Phi) is 3.59. The smallest absolute Gasteiger partial charge is 0.289 e. The molecule has 0 atom stereocenters. The van der Waals surface area contributed by atoms with E-state index in [1.165, 1.54) is 0 Å². The highest BCUT2D eigenvalue weighted by Crippen LogP contribution is 2.28. The monoisotopic (exact) mass is 306 g/mol. The van der Waals surface area contributed by atoms with Crippen molar-refractivity contribution in [2.45, 2.75) is 13.3 Å². The van der Waals surface area contributed by atoms with Gasteiger partial charge in [-0.25, -0.2) is 0 Å². The minimum atomic E-state index is -0.184. The van der Waals surface area contributed by atoms with Crippen molar-refractivity contribution in [2.24, 2.45) is 0 Å². The molecule has 0 saturated carbocycles. The van der Waals surface area contributed by atoms with Crippen molar-refractivity contribution in [3.05, 3.63) is 34.5 Å². The van der Waals surface area contributed by atoms with Gasteiger partial charge in [0.05, 0.1) is 0 Å². The van der Waals surface area contributed by atoms with E-state index in [0.717, 1.165) is 10.9 Å². The van der Waals surface area contributed by atoms with Crippen molar-refractivity contribution < 1.29 is 14.0 Å². The van der Waals surface area contributed by atoms with Crippen molar-refractivity contribution in [1.29, 1.82) is 0 Å². The quantitative estimate of drug-likeness (QED) is 0.879. The Morgan fingerprint density at radius 1 is 1.38 bits per heavy atom. The number of nitrogens with zero attached hydrogens (tertiary/aromatic N) is 1. The number of furan rings is 1. The van der Waals surface area contributed by atoms with Gasteiger partial charge in [-0.2, -0.15) is 0 Å². The van der Waals surface area contributed by atoms with Crippen LogP contribution in [-0.4, -0.2) is 36.3 Å². The number of hydrogen-bond donors (Lipinski definition) is 1. The number of rotatable bonds is 1. The van der Waals surface area contributed by atoms with Gasteiger partial charge in [-0.15, -0.1) is 0 Å². The molecular formula is C15H15ClN2O3. The Bertz CT molecular complexity index is 723. The summed E-state index contributed by atoms with van der Waals surface area (Å²) in [5, 5.41) is 4.20. The molecule has 3 rings (SSSR count). The highest BCUT2D eigenvalue weighted by Gasteiger charge is 2.25. The largest absolute Gasteiger partial charge is 0.451 e.